The number of halogens is 2. The van der Waals surface area contributed by atoms with Gasteiger partial charge in [-0.3, -0.25) is 4.79 Å². The van der Waals surface area contributed by atoms with E-state index in [1.165, 1.54) is 4.90 Å². The van der Waals surface area contributed by atoms with Crippen LogP contribution in [0.25, 0.3) is 0 Å². The lowest BCUT2D eigenvalue weighted by Gasteiger charge is -2.20. The molecule has 0 aliphatic carbocycles. The minimum atomic E-state index is -2.72. The van der Waals surface area contributed by atoms with Gasteiger partial charge in [0.05, 0.1) is 6.54 Å². The molecule has 1 atom stereocenters. The van der Waals surface area contributed by atoms with E-state index in [-0.39, 0.29) is 12.5 Å². The standard InChI is InChI=1S/C9H13F2NO/c1-3-7-5-9(10,11)6-12(7)8(13)4-2/h4,7H,2-3,5-6H2,1H3/t7-/m0/s1. The molecule has 2 nitrogen and oxygen atoms in total. The molecule has 1 rings (SSSR count). The highest BCUT2D eigenvalue weighted by molar-refractivity contribution is 5.87. The molecule has 0 aromatic heterocycles. The Labute approximate surface area is 76.2 Å². The lowest BCUT2D eigenvalue weighted by atomic mass is 10.1. The van der Waals surface area contributed by atoms with E-state index in [4.69, 9.17) is 0 Å². The smallest absolute Gasteiger partial charge is 0.267 e. The number of amides is 1. The number of alkyl halides is 2. The van der Waals surface area contributed by atoms with Crippen molar-refractivity contribution in [1.82, 2.24) is 4.90 Å². The van der Waals surface area contributed by atoms with Crippen LogP contribution in [0.2, 0.25) is 0 Å². The maximum atomic E-state index is 12.9. The van der Waals surface area contributed by atoms with Crippen LogP contribution in [0.3, 0.4) is 0 Å². The first-order valence-electron chi connectivity index (χ1n) is 4.31. The van der Waals surface area contributed by atoms with Crippen molar-refractivity contribution >= 4 is 5.91 Å². The van der Waals surface area contributed by atoms with Crippen molar-refractivity contribution < 1.29 is 13.6 Å². The normalized spacial score (nSPS) is 26.1. The Morgan fingerprint density at radius 1 is 1.77 bits per heavy atom. The monoisotopic (exact) mass is 189 g/mol. The van der Waals surface area contributed by atoms with E-state index >= 15 is 0 Å². The third-order valence-electron chi connectivity index (χ3n) is 2.31. The summed E-state index contributed by atoms with van der Waals surface area (Å²) in [5.74, 6) is -3.12. The van der Waals surface area contributed by atoms with Crippen LogP contribution in [0, 0.1) is 0 Å². The highest BCUT2D eigenvalue weighted by Gasteiger charge is 2.45. The summed E-state index contributed by atoms with van der Waals surface area (Å²) in [4.78, 5) is 12.3. The van der Waals surface area contributed by atoms with Gasteiger partial charge in [0.1, 0.15) is 0 Å². The Morgan fingerprint density at radius 3 is 2.85 bits per heavy atom. The van der Waals surface area contributed by atoms with Crippen molar-refractivity contribution in [2.45, 2.75) is 31.7 Å². The van der Waals surface area contributed by atoms with Gasteiger partial charge in [-0.2, -0.15) is 0 Å². The molecule has 74 valence electrons. The minimum absolute atomic E-state index is 0.219. The molecular formula is C9H13F2NO. The van der Waals surface area contributed by atoms with Crippen molar-refractivity contribution in [2.24, 2.45) is 0 Å². The molecule has 1 aliphatic heterocycles. The number of carbonyl (C=O) groups is 1. The van der Waals surface area contributed by atoms with Gasteiger partial charge in [0.25, 0.3) is 5.92 Å². The summed E-state index contributed by atoms with van der Waals surface area (Å²) >= 11 is 0. The molecule has 1 fully saturated rings. The quantitative estimate of drug-likeness (QED) is 0.607. The molecule has 0 aromatic carbocycles. The molecule has 1 amide bonds. The molecule has 0 N–H and O–H groups in total. The zero-order valence-corrected chi connectivity index (χ0v) is 7.59. The van der Waals surface area contributed by atoms with E-state index in [0.29, 0.717) is 6.42 Å². The molecule has 13 heavy (non-hydrogen) atoms. The van der Waals surface area contributed by atoms with Crippen LogP contribution in [-0.4, -0.2) is 29.3 Å². The molecule has 0 saturated carbocycles. The van der Waals surface area contributed by atoms with Crippen LogP contribution in [-0.2, 0) is 4.79 Å². The van der Waals surface area contributed by atoms with E-state index in [1.54, 1.807) is 6.92 Å². The molecule has 0 spiro atoms. The molecule has 1 saturated heterocycles. The van der Waals surface area contributed by atoms with E-state index in [2.05, 4.69) is 6.58 Å². The van der Waals surface area contributed by atoms with Crippen LogP contribution >= 0.6 is 0 Å². The Bertz CT molecular complexity index is 228. The zero-order valence-electron chi connectivity index (χ0n) is 7.59. The van der Waals surface area contributed by atoms with Gasteiger partial charge in [-0.25, -0.2) is 8.78 Å². The van der Waals surface area contributed by atoms with E-state index < -0.39 is 18.4 Å². The van der Waals surface area contributed by atoms with Crippen LogP contribution in [0.15, 0.2) is 12.7 Å². The molecule has 1 heterocycles. The molecule has 1 aliphatic rings. The van der Waals surface area contributed by atoms with Crippen molar-refractivity contribution in [2.75, 3.05) is 6.54 Å². The molecule has 4 heteroatoms. The molecular weight excluding hydrogens is 176 g/mol. The van der Waals surface area contributed by atoms with Crippen molar-refractivity contribution in [3.63, 3.8) is 0 Å². The lowest BCUT2D eigenvalue weighted by molar-refractivity contribution is -0.128. The summed E-state index contributed by atoms with van der Waals surface area (Å²) in [6.07, 6.45) is 1.43. The number of carbonyl (C=O) groups excluding carboxylic acids is 1. The van der Waals surface area contributed by atoms with Crippen molar-refractivity contribution in [3.05, 3.63) is 12.7 Å². The van der Waals surface area contributed by atoms with Crippen molar-refractivity contribution in [1.29, 1.82) is 0 Å². The molecule has 0 aromatic rings. The predicted octanol–water partition coefficient (Wildman–Crippen LogP) is 1.82. The molecule has 0 radical (unpaired) electrons. The van der Waals surface area contributed by atoms with Gasteiger partial charge in [-0.1, -0.05) is 13.5 Å². The SMILES string of the molecule is C=CC(=O)N1CC(F)(F)C[C@@H]1CC. The maximum absolute atomic E-state index is 12.9. The summed E-state index contributed by atoms with van der Waals surface area (Å²) < 4.78 is 25.8. The third kappa shape index (κ3) is 2.05. The molecule has 0 unspecified atom stereocenters. The Kier molecular flexibility index (Phi) is 2.68. The average molecular weight is 189 g/mol. The number of hydrogen-bond donors (Lipinski definition) is 0. The second-order valence-electron chi connectivity index (χ2n) is 3.29. The van der Waals surface area contributed by atoms with Gasteiger partial charge in [0.2, 0.25) is 5.91 Å². The summed E-state index contributed by atoms with van der Waals surface area (Å²) in [5, 5.41) is 0. The minimum Gasteiger partial charge on any atom is -0.330 e. The maximum Gasteiger partial charge on any atom is 0.267 e. The summed E-state index contributed by atoms with van der Waals surface area (Å²) in [6.45, 7) is 4.62. The Hall–Kier alpha value is -0.930. The third-order valence-corrected chi connectivity index (χ3v) is 2.31. The largest absolute Gasteiger partial charge is 0.330 e. The van der Waals surface area contributed by atoms with Gasteiger partial charge in [-0.05, 0) is 12.5 Å². The highest BCUT2D eigenvalue weighted by Crippen LogP contribution is 2.33. The predicted molar refractivity (Wildman–Crippen MR) is 45.6 cm³/mol. The molecule has 0 bridgehead atoms. The Morgan fingerprint density at radius 2 is 2.38 bits per heavy atom. The highest BCUT2D eigenvalue weighted by atomic mass is 19.3. The van der Waals surface area contributed by atoms with E-state index in [0.717, 1.165) is 6.08 Å². The fraction of sp³-hybridized carbons (Fsp3) is 0.667. The van der Waals surface area contributed by atoms with Gasteiger partial charge in [0.15, 0.2) is 0 Å². The first-order chi connectivity index (χ1) is 6.00. The Balaban J connectivity index is 2.74. The summed E-state index contributed by atoms with van der Waals surface area (Å²) in [5.41, 5.74) is 0. The topological polar surface area (TPSA) is 20.3 Å². The van der Waals surface area contributed by atoms with Crippen LogP contribution in [0.1, 0.15) is 19.8 Å². The van der Waals surface area contributed by atoms with Crippen LogP contribution < -0.4 is 0 Å². The van der Waals surface area contributed by atoms with Gasteiger partial charge in [-0.15, -0.1) is 0 Å². The first kappa shape index (κ1) is 10.2. The number of rotatable bonds is 2. The fourth-order valence-electron chi connectivity index (χ4n) is 1.64. The first-order valence-corrected chi connectivity index (χ1v) is 4.31. The lowest BCUT2D eigenvalue weighted by Crippen LogP contribution is -2.34. The van der Waals surface area contributed by atoms with Gasteiger partial charge < -0.3 is 4.90 Å². The fourth-order valence-corrected chi connectivity index (χ4v) is 1.64. The zero-order chi connectivity index (χ0) is 10.1. The van der Waals surface area contributed by atoms with E-state index in [9.17, 15) is 13.6 Å². The van der Waals surface area contributed by atoms with Gasteiger partial charge in [0, 0.05) is 12.5 Å². The summed E-state index contributed by atoms with van der Waals surface area (Å²) in [7, 11) is 0. The van der Waals surface area contributed by atoms with Crippen LogP contribution in [0.4, 0.5) is 8.78 Å². The van der Waals surface area contributed by atoms with Gasteiger partial charge >= 0.3 is 0 Å². The average Bonchev–Trinajstić information content (AvgIpc) is 2.39. The van der Waals surface area contributed by atoms with E-state index in [1.807, 2.05) is 0 Å². The number of nitrogens with zero attached hydrogens (tertiary/aromatic N) is 1. The number of likely N-dealkylation sites (tertiary alicyclic amines) is 1. The van der Waals surface area contributed by atoms with Crippen molar-refractivity contribution in [3.8, 4) is 0 Å². The summed E-state index contributed by atoms with van der Waals surface area (Å²) in [6, 6.07) is -0.333. The second kappa shape index (κ2) is 3.44. The second-order valence-corrected chi connectivity index (χ2v) is 3.29. The number of hydrogen-bond acceptors (Lipinski definition) is 1. The van der Waals surface area contributed by atoms with Crippen LogP contribution in [0.5, 0.6) is 0 Å².